The van der Waals surface area contributed by atoms with Crippen molar-refractivity contribution in [2.75, 3.05) is 44.7 Å². The molecule has 0 aliphatic rings. The summed E-state index contributed by atoms with van der Waals surface area (Å²) in [6, 6.07) is 21.8. The van der Waals surface area contributed by atoms with Crippen molar-refractivity contribution in [1.82, 2.24) is 20.2 Å². The second kappa shape index (κ2) is 20.4. The Labute approximate surface area is 364 Å². The van der Waals surface area contributed by atoms with Gasteiger partial charge in [-0.25, -0.2) is 22.5 Å². The zero-order chi connectivity index (χ0) is 46.1. The first-order valence-electron chi connectivity index (χ1n) is 19.6. The number of hydrogen-bond acceptors (Lipinski definition) is 9. The minimum absolute atomic E-state index is 0.0666. The summed E-state index contributed by atoms with van der Waals surface area (Å²) in [5.41, 5.74) is 0.374. The van der Waals surface area contributed by atoms with Crippen molar-refractivity contribution in [2.24, 2.45) is 0 Å². The Hall–Kier alpha value is -7.76. The maximum atomic E-state index is 14.2. The summed E-state index contributed by atoms with van der Waals surface area (Å²) < 4.78 is 73.8. The van der Waals surface area contributed by atoms with Crippen molar-refractivity contribution >= 4 is 46.0 Å². The molecule has 0 bridgehead atoms. The van der Waals surface area contributed by atoms with E-state index in [1.807, 2.05) is 0 Å². The van der Waals surface area contributed by atoms with Crippen molar-refractivity contribution in [3.8, 4) is 17.4 Å². The maximum absolute atomic E-state index is 14.2. The molecule has 0 fully saturated rings. The van der Waals surface area contributed by atoms with E-state index in [9.17, 15) is 41.5 Å². The van der Waals surface area contributed by atoms with Crippen LogP contribution in [0.2, 0.25) is 0 Å². The Kier molecular flexibility index (Phi) is 14.6. The highest BCUT2D eigenvalue weighted by molar-refractivity contribution is 6.00. The molecule has 6 rings (SSSR count). The van der Waals surface area contributed by atoms with E-state index in [2.05, 4.69) is 15.6 Å². The van der Waals surface area contributed by atoms with Crippen molar-refractivity contribution < 1.29 is 51.0 Å². The third-order valence-electron chi connectivity index (χ3n) is 10.0. The molecular formula is C46H42F4N6O8. The van der Waals surface area contributed by atoms with Crippen LogP contribution in [0.3, 0.4) is 0 Å². The number of anilines is 2. The quantitative estimate of drug-likeness (QED) is 0.118. The number of amides is 4. The molecule has 0 unspecified atom stereocenters. The van der Waals surface area contributed by atoms with Gasteiger partial charge in [0.1, 0.15) is 53.4 Å². The minimum atomic E-state index is -1.38. The largest absolute Gasteiger partial charge is 0.497 e. The van der Waals surface area contributed by atoms with Crippen molar-refractivity contribution in [3.05, 3.63) is 154 Å². The molecule has 5 aromatic carbocycles. The molecule has 0 saturated carbocycles. The fourth-order valence-corrected chi connectivity index (χ4v) is 6.84. The summed E-state index contributed by atoms with van der Waals surface area (Å²) in [6.45, 7) is -1.56. The Balaban J connectivity index is 1.22. The molecule has 4 amide bonds. The van der Waals surface area contributed by atoms with Crippen LogP contribution >= 0.6 is 0 Å². The highest BCUT2D eigenvalue weighted by Crippen LogP contribution is 2.22. The summed E-state index contributed by atoms with van der Waals surface area (Å²) in [7, 11) is 5.85. The van der Waals surface area contributed by atoms with E-state index in [-0.39, 0.29) is 35.0 Å². The van der Waals surface area contributed by atoms with E-state index in [1.165, 1.54) is 50.2 Å². The Bertz CT molecular complexity index is 2700. The molecule has 0 spiro atoms. The first-order chi connectivity index (χ1) is 30.6. The summed E-state index contributed by atoms with van der Waals surface area (Å²) in [4.78, 5) is 75.7. The van der Waals surface area contributed by atoms with E-state index in [0.717, 1.165) is 28.8 Å². The molecule has 0 radical (unpaired) electrons. The fourth-order valence-electron chi connectivity index (χ4n) is 6.84. The van der Waals surface area contributed by atoms with E-state index < -0.39 is 83.6 Å². The predicted molar refractivity (Wildman–Crippen MR) is 228 cm³/mol. The molecule has 64 heavy (non-hydrogen) atoms. The second-order valence-electron chi connectivity index (χ2n) is 14.5. The molecule has 1 heterocycles. The van der Waals surface area contributed by atoms with Crippen LogP contribution in [-0.2, 0) is 38.6 Å². The Morgan fingerprint density at radius 1 is 0.641 bits per heavy atom. The van der Waals surface area contributed by atoms with Gasteiger partial charge in [-0.05, 0) is 96.1 Å². The molecular weight excluding hydrogens is 841 g/mol. The van der Waals surface area contributed by atoms with E-state index >= 15 is 0 Å². The number of halogens is 4. The number of benzene rings is 5. The van der Waals surface area contributed by atoms with Gasteiger partial charge in [-0.2, -0.15) is 0 Å². The molecule has 14 nitrogen and oxygen atoms in total. The summed E-state index contributed by atoms with van der Waals surface area (Å²) in [5.74, 6) is -6.19. The number of nitrogens with one attached hydrogen (secondary N) is 2. The summed E-state index contributed by atoms with van der Waals surface area (Å²) >= 11 is 0. The van der Waals surface area contributed by atoms with Gasteiger partial charge < -0.3 is 34.6 Å². The number of rotatable bonds is 17. The van der Waals surface area contributed by atoms with Crippen LogP contribution in [-0.4, -0.2) is 80.2 Å². The number of methoxy groups -OCH3 is 2. The second-order valence-corrected chi connectivity index (χ2v) is 14.5. The molecule has 1 aromatic heterocycles. The lowest BCUT2D eigenvalue weighted by molar-refractivity contribution is -0.128. The van der Waals surface area contributed by atoms with Gasteiger partial charge in [-0.15, -0.1) is 0 Å². The predicted octanol–water partition coefficient (Wildman–Crippen LogP) is 5.13. The van der Waals surface area contributed by atoms with Crippen molar-refractivity contribution in [2.45, 2.75) is 31.5 Å². The van der Waals surface area contributed by atoms with Gasteiger partial charge in [0.25, 0.3) is 11.8 Å². The van der Waals surface area contributed by atoms with Crippen LogP contribution < -0.4 is 40.2 Å². The maximum Gasteiger partial charge on any atom is 0.314 e. The third kappa shape index (κ3) is 11.4. The average Bonchev–Trinajstić information content (AvgIpc) is 3.27. The summed E-state index contributed by atoms with van der Waals surface area (Å²) in [5, 5.41) is 5.12. The summed E-state index contributed by atoms with van der Waals surface area (Å²) in [6.07, 6.45) is -0.661. The monoisotopic (exact) mass is 882 g/mol. The molecule has 2 N–H and O–H groups in total. The van der Waals surface area contributed by atoms with Crippen LogP contribution in [0.25, 0.3) is 11.0 Å². The number of nitrogens with zero attached hydrogens (tertiary/aromatic N) is 4. The van der Waals surface area contributed by atoms with E-state index in [4.69, 9.17) is 14.2 Å². The molecule has 6 aromatic rings. The number of para-hydroxylation sites is 2. The number of likely N-dealkylation sites (N-methyl/N-ethyl adjacent to an activating group) is 2. The molecule has 0 aliphatic carbocycles. The number of aromatic nitrogens is 2. The van der Waals surface area contributed by atoms with Gasteiger partial charge in [0.2, 0.25) is 17.7 Å². The van der Waals surface area contributed by atoms with E-state index in [0.29, 0.717) is 35.0 Å². The van der Waals surface area contributed by atoms with Crippen LogP contribution in [0.1, 0.15) is 11.1 Å². The van der Waals surface area contributed by atoms with Gasteiger partial charge in [0.05, 0.1) is 25.3 Å². The molecule has 0 saturated heterocycles. The molecule has 332 valence electrons. The lowest BCUT2D eigenvalue weighted by Crippen LogP contribution is -2.50. The SMILES string of the molecule is COc1ccc(N(C)C(=O)[C@H](Cc2cc(F)cc(F)c2)NC(=O)COc2nc3ccccc3n(CC(=O)N[C@@H](Cc3cc(F)cc(F)c3)C(=O)N(C)c3ccc(OC)cc3)c2=O)cc1. The number of carbonyl (C=O) groups is 4. The van der Waals surface area contributed by atoms with Crippen LogP contribution in [0.15, 0.2) is 114 Å². The Morgan fingerprint density at radius 2 is 1.08 bits per heavy atom. The highest BCUT2D eigenvalue weighted by atomic mass is 19.1. The smallest absolute Gasteiger partial charge is 0.314 e. The first-order valence-corrected chi connectivity index (χ1v) is 19.6. The average molecular weight is 883 g/mol. The van der Waals surface area contributed by atoms with Gasteiger partial charge in [0, 0.05) is 50.4 Å². The first kappa shape index (κ1) is 45.8. The minimum Gasteiger partial charge on any atom is -0.497 e. The number of ether oxygens (including phenoxy) is 3. The molecule has 0 aliphatic heterocycles. The third-order valence-corrected chi connectivity index (χ3v) is 10.0. The highest BCUT2D eigenvalue weighted by Gasteiger charge is 2.29. The normalized spacial score (nSPS) is 11.9. The lowest BCUT2D eigenvalue weighted by Gasteiger charge is -2.25. The van der Waals surface area contributed by atoms with Crippen LogP contribution in [0, 0.1) is 23.3 Å². The molecule has 18 heteroatoms. The van der Waals surface area contributed by atoms with Gasteiger partial charge in [-0.1, -0.05) is 12.1 Å². The van der Waals surface area contributed by atoms with Crippen molar-refractivity contribution in [1.29, 1.82) is 0 Å². The zero-order valence-electron chi connectivity index (χ0n) is 34.9. The number of carbonyl (C=O) groups excluding carboxylic acids is 4. The van der Waals surface area contributed by atoms with Gasteiger partial charge in [0.15, 0.2) is 6.61 Å². The number of hydrogen-bond donors (Lipinski definition) is 2. The number of fused-ring (bicyclic) bond motifs is 1. The van der Waals surface area contributed by atoms with Gasteiger partial charge >= 0.3 is 5.56 Å². The zero-order valence-corrected chi connectivity index (χ0v) is 34.9. The van der Waals surface area contributed by atoms with E-state index in [1.54, 1.807) is 60.7 Å². The van der Waals surface area contributed by atoms with Gasteiger partial charge in [-0.3, -0.25) is 28.5 Å². The fraction of sp³-hybridized carbons (Fsp3) is 0.217. The molecule has 2 atom stereocenters. The standard InChI is InChI=1S/C46H42F4N6O8/c1-54(33-9-13-35(62-3)14-10-33)44(59)38(21-27-17-29(47)23-30(48)18-27)51-41(57)25-56-40-8-6-5-7-37(40)53-43(46(56)61)64-26-42(58)52-39(22-28-19-31(49)24-32(50)20-28)45(60)55(2)34-11-15-36(63-4)16-12-34/h5-20,23-24,38-39H,21-22,25-26H2,1-4H3,(H,51,57)(H,52,58)/t38-,39-/m0/s1. The topological polar surface area (TPSA) is 161 Å². The Morgan fingerprint density at radius 3 is 1.53 bits per heavy atom. The van der Waals surface area contributed by atoms with Crippen molar-refractivity contribution in [3.63, 3.8) is 0 Å². The van der Waals surface area contributed by atoms with Crippen LogP contribution in [0.5, 0.6) is 17.4 Å². The lowest BCUT2D eigenvalue weighted by atomic mass is 10.0. The van der Waals surface area contributed by atoms with Crippen LogP contribution in [0.4, 0.5) is 28.9 Å².